The summed E-state index contributed by atoms with van der Waals surface area (Å²) >= 11 is 0. The van der Waals surface area contributed by atoms with Crippen LogP contribution in [0.4, 0.5) is 0 Å². The predicted molar refractivity (Wildman–Crippen MR) is 118 cm³/mol. The molecule has 0 aliphatic carbocycles. The quantitative estimate of drug-likeness (QED) is 0.755. The maximum atomic E-state index is 12.8. The first kappa shape index (κ1) is 21.8. The molecule has 0 spiro atoms. The van der Waals surface area contributed by atoms with Crippen LogP contribution in [0.1, 0.15) is 60.9 Å². The van der Waals surface area contributed by atoms with Crippen LogP contribution in [-0.2, 0) is 16.1 Å². The maximum Gasteiger partial charge on any atom is 0.251 e. The Labute approximate surface area is 184 Å². The minimum absolute atomic E-state index is 0.0460. The second-order valence-electron chi connectivity index (χ2n) is 9.00. The minimum atomic E-state index is -0.288. The van der Waals surface area contributed by atoms with Crippen LogP contribution in [0.15, 0.2) is 24.3 Å². The van der Waals surface area contributed by atoms with Gasteiger partial charge in [0.2, 0.25) is 11.8 Å². The lowest BCUT2D eigenvalue weighted by Gasteiger charge is -2.42. The number of piperazine rings is 1. The van der Waals surface area contributed by atoms with Gasteiger partial charge in [-0.05, 0) is 62.9 Å². The Morgan fingerprint density at radius 1 is 0.935 bits per heavy atom. The van der Waals surface area contributed by atoms with E-state index >= 15 is 0 Å². The first-order chi connectivity index (χ1) is 15.1. The summed E-state index contributed by atoms with van der Waals surface area (Å²) in [5.41, 5.74) is 1.56. The molecule has 3 fully saturated rings. The third kappa shape index (κ3) is 5.45. The molecule has 1 aromatic rings. The third-order valence-corrected chi connectivity index (χ3v) is 6.75. The van der Waals surface area contributed by atoms with E-state index in [2.05, 4.69) is 10.2 Å². The van der Waals surface area contributed by atoms with Crippen LogP contribution in [0.5, 0.6) is 0 Å². The second kappa shape index (κ2) is 10.3. The van der Waals surface area contributed by atoms with Crippen molar-refractivity contribution in [1.29, 1.82) is 0 Å². The Kier molecular flexibility index (Phi) is 7.22. The first-order valence-electron chi connectivity index (χ1n) is 11.8. The van der Waals surface area contributed by atoms with E-state index in [1.54, 1.807) is 21.9 Å². The highest BCUT2D eigenvalue weighted by Gasteiger charge is 2.40. The van der Waals surface area contributed by atoms with Gasteiger partial charge < -0.3 is 20.0 Å². The zero-order valence-corrected chi connectivity index (χ0v) is 18.4. The van der Waals surface area contributed by atoms with E-state index in [0.717, 1.165) is 44.5 Å². The largest absolute Gasteiger partial charge is 0.351 e. The Balaban J connectivity index is 1.27. The third-order valence-electron chi connectivity index (χ3n) is 6.75. The molecule has 0 radical (unpaired) electrons. The molecule has 3 saturated heterocycles. The Bertz CT molecular complexity index is 787. The molecule has 0 unspecified atom stereocenters. The number of hydrogen-bond donors (Lipinski definition) is 1. The molecular weight excluding hydrogens is 392 g/mol. The van der Waals surface area contributed by atoms with E-state index in [1.807, 2.05) is 12.1 Å². The van der Waals surface area contributed by atoms with Crippen molar-refractivity contribution in [3.05, 3.63) is 35.4 Å². The van der Waals surface area contributed by atoms with Gasteiger partial charge in [0, 0.05) is 31.7 Å². The predicted octanol–water partition coefficient (Wildman–Crippen LogP) is 2.02. The average molecular weight is 427 g/mol. The van der Waals surface area contributed by atoms with Crippen molar-refractivity contribution in [2.75, 3.05) is 39.3 Å². The molecule has 4 rings (SSSR count). The highest BCUT2D eigenvalue weighted by Crippen LogP contribution is 2.24. The van der Waals surface area contributed by atoms with Crippen molar-refractivity contribution in [2.24, 2.45) is 0 Å². The number of carbonyl (C=O) groups excluding carboxylic acids is 3. The maximum absolute atomic E-state index is 12.8. The zero-order valence-electron chi connectivity index (χ0n) is 18.4. The SMILES string of the molecule is O=C(NCCN1CCCCCC1)c1ccc(CN2CC(=O)N3CCCC[C@@H]3C2=O)cc1. The van der Waals surface area contributed by atoms with E-state index in [4.69, 9.17) is 0 Å². The molecule has 3 heterocycles. The van der Waals surface area contributed by atoms with Crippen molar-refractivity contribution in [3.63, 3.8) is 0 Å². The highest BCUT2D eigenvalue weighted by atomic mass is 16.2. The number of nitrogens with one attached hydrogen (secondary N) is 1. The average Bonchev–Trinajstić information content (AvgIpc) is 3.07. The fraction of sp³-hybridized carbons (Fsp3) is 0.625. The molecule has 7 nitrogen and oxygen atoms in total. The lowest BCUT2D eigenvalue weighted by molar-refractivity contribution is -0.158. The molecule has 1 aromatic carbocycles. The normalized spacial score (nSPS) is 22.8. The topological polar surface area (TPSA) is 73.0 Å². The van der Waals surface area contributed by atoms with Crippen LogP contribution >= 0.6 is 0 Å². The monoisotopic (exact) mass is 426 g/mol. The smallest absolute Gasteiger partial charge is 0.251 e. The highest BCUT2D eigenvalue weighted by molar-refractivity contribution is 5.95. The van der Waals surface area contributed by atoms with Crippen molar-refractivity contribution in [2.45, 2.75) is 57.5 Å². The van der Waals surface area contributed by atoms with Gasteiger partial charge in [-0.25, -0.2) is 0 Å². The van der Waals surface area contributed by atoms with E-state index in [0.29, 0.717) is 25.2 Å². The van der Waals surface area contributed by atoms with Crippen LogP contribution < -0.4 is 5.32 Å². The van der Waals surface area contributed by atoms with Crippen molar-refractivity contribution in [3.8, 4) is 0 Å². The molecule has 31 heavy (non-hydrogen) atoms. The number of benzene rings is 1. The Hall–Kier alpha value is -2.41. The second-order valence-corrected chi connectivity index (χ2v) is 9.00. The molecule has 3 aliphatic heterocycles. The summed E-state index contributed by atoms with van der Waals surface area (Å²) in [5.74, 6) is 0.0304. The molecule has 0 saturated carbocycles. The molecular formula is C24H34N4O3. The summed E-state index contributed by atoms with van der Waals surface area (Å²) in [6.07, 6.45) is 7.86. The van der Waals surface area contributed by atoms with Gasteiger partial charge in [0.1, 0.15) is 12.6 Å². The Morgan fingerprint density at radius 3 is 2.39 bits per heavy atom. The van der Waals surface area contributed by atoms with Gasteiger partial charge in [-0.15, -0.1) is 0 Å². The van der Waals surface area contributed by atoms with Gasteiger partial charge >= 0.3 is 0 Å². The molecule has 3 aliphatic rings. The fourth-order valence-corrected chi connectivity index (χ4v) is 4.93. The first-order valence-corrected chi connectivity index (χ1v) is 11.8. The number of hydrogen-bond acceptors (Lipinski definition) is 4. The molecule has 1 atom stereocenters. The number of amides is 3. The lowest BCUT2D eigenvalue weighted by Crippen LogP contribution is -2.60. The molecule has 7 heteroatoms. The van der Waals surface area contributed by atoms with Crippen molar-refractivity contribution < 1.29 is 14.4 Å². The number of likely N-dealkylation sites (tertiary alicyclic amines) is 1. The molecule has 3 amide bonds. The van der Waals surface area contributed by atoms with Gasteiger partial charge in [0.25, 0.3) is 5.91 Å². The van der Waals surface area contributed by atoms with Crippen molar-refractivity contribution in [1.82, 2.24) is 20.0 Å². The lowest BCUT2D eigenvalue weighted by atomic mass is 9.98. The summed E-state index contributed by atoms with van der Waals surface area (Å²) in [6.45, 7) is 5.06. The van der Waals surface area contributed by atoms with E-state index in [-0.39, 0.29) is 30.3 Å². The summed E-state index contributed by atoms with van der Waals surface area (Å²) in [5, 5.41) is 3.02. The molecule has 168 valence electrons. The summed E-state index contributed by atoms with van der Waals surface area (Å²) < 4.78 is 0. The van der Waals surface area contributed by atoms with E-state index in [1.165, 1.54) is 25.7 Å². The number of fused-ring (bicyclic) bond motifs is 1. The van der Waals surface area contributed by atoms with E-state index < -0.39 is 0 Å². The zero-order chi connectivity index (χ0) is 21.6. The van der Waals surface area contributed by atoms with E-state index in [9.17, 15) is 14.4 Å². The molecule has 0 aromatic heterocycles. The number of carbonyl (C=O) groups is 3. The van der Waals surface area contributed by atoms with Crippen LogP contribution in [0.3, 0.4) is 0 Å². The van der Waals surface area contributed by atoms with Crippen LogP contribution in [0, 0.1) is 0 Å². The summed E-state index contributed by atoms with van der Waals surface area (Å²) in [7, 11) is 0. The number of piperidine rings is 1. The minimum Gasteiger partial charge on any atom is -0.351 e. The molecule has 1 N–H and O–H groups in total. The van der Waals surface area contributed by atoms with Crippen molar-refractivity contribution >= 4 is 17.7 Å². The van der Waals surface area contributed by atoms with Gasteiger partial charge in [0.15, 0.2) is 0 Å². The Morgan fingerprint density at radius 2 is 1.65 bits per heavy atom. The van der Waals surface area contributed by atoms with Gasteiger partial charge in [-0.1, -0.05) is 25.0 Å². The summed E-state index contributed by atoms with van der Waals surface area (Å²) in [6, 6.07) is 7.09. The summed E-state index contributed by atoms with van der Waals surface area (Å²) in [4.78, 5) is 43.6. The van der Waals surface area contributed by atoms with Crippen LogP contribution in [0.2, 0.25) is 0 Å². The number of nitrogens with zero attached hydrogens (tertiary/aromatic N) is 3. The fourth-order valence-electron chi connectivity index (χ4n) is 4.93. The standard InChI is InChI=1S/C24H34N4O3/c29-22-18-27(24(31)21-7-3-6-15-28(21)22)17-19-8-10-20(11-9-19)23(30)25-12-16-26-13-4-1-2-5-14-26/h8-11,21H,1-7,12-18H2,(H,25,30)/t21-/m1/s1. The number of rotatable bonds is 6. The molecule has 0 bridgehead atoms. The van der Waals surface area contributed by atoms with Gasteiger partial charge in [-0.2, -0.15) is 0 Å². The van der Waals surface area contributed by atoms with Crippen LogP contribution in [0.25, 0.3) is 0 Å². The van der Waals surface area contributed by atoms with Crippen LogP contribution in [-0.4, -0.2) is 77.7 Å². The van der Waals surface area contributed by atoms with Gasteiger partial charge in [-0.3, -0.25) is 14.4 Å². The van der Waals surface area contributed by atoms with Gasteiger partial charge in [0.05, 0.1) is 0 Å².